The second-order valence-corrected chi connectivity index (χ2v) is 5.40. The molecular weight excluding hydrogens is 264 g/mol. The molecule has 2 fully saturated rings. The molecule has 0 saturated carbocycles. The monoisotopic (exact) mass is 286 g/mol. The summed E-state index contributed by atoms with van der Waals surface area (Å²) in [6, 6.07) is -0.652. The highest BCUT2D eigenvalue weighted by Crippen LogP contribution is 2.17. The Morgan fingerprint density at radius 3 is 2.75 bits per heavy atom. The van der Waals surface area contributed by atoms with E-state index in [4.69, 9.17) is 14.6 Å². The lowest BCUT2D eigenvalue weighted by molar-refractivity contribution is -0.142. The Balaban J connectivity index is 1.97. The van der Waals surface area contributed by atoms with Gasteiger partial charge in [-0.2, -0.15) is 0 Å². The van der Waals surface area contributed by atoms with Gasteiger partial charge in [0.15, 0.2) is 0 Å². The van der Waals surface area contributed by atoms with Crippen LogP contribution in [0.4, 0.5) is 4.79 Å². The van der Waals surface area contributed by atoms with Gasteiger partial charge >= 0.3 is 12.0 Å². The summed E-state index contributed by atoms with van der Waals surface area (Å²) in [5.41, 5.74) is 0. The molecule has 2 amide bonds. The topological polar surface area (TPSA) is 88.1 Å². The Labute approximate surface area is 118 Å². The van der Waals surface area contributed by atoms with Gasteiger partial charge in [0.1, 0.15) is 5.92 Å². The fourth-order valence-corrected chi connectivity index (χ4v) is 2.61. The summed E-state index contributed by atoms with van der Waals surface area (Å²) in [7, 11) is 0. The van der Waals surface area contributed by atoms with Gasteiger partial charge in [-0.25, -0.2) is 4.79 Å². The second kappa shape index (κ2) is 6.41. The number of ether oxygens (including phenoxy) is 2. The molecule has 0 bridgehead atoms. The lowest BCUT2D eigenvalue weighted by atomic mass is 10.0. The van der Waals surface area contributed by atoms with Crippen LogP contribution in [-0.2, 0) is 14.3 Å². The third kappa shape index (κ3) is 3.21. The Kier molecular flexibility index (Phi) is 4.82. The van der Waals surface area contributed by atoms with Crippen molar-refractivity contribution in [1.82, 2.24) is 10.2 Å². The van der Waals surface area contributed by atoms with Crippen LogP contribution in [-0.4, -0.2) is 66.6 Å². The Morgan fingerprint density at radius 2 is 2.10 bits per heavy atom. The maximum absolute atomic E-state index is 12.3. The number of aliphatic carboxylic acids is 1. The van der Waals surface area contributed by atoms with E-state index in [2.05, 4.69) is 5.32 Å². The molecule has 0 aliphatic carbocycles. The first kappa shape index (κ1) is 15.1. The zero-order valence-corrected chi connectivity index (χ0v) is 11.9. The lowest BCUT2D eigenvalue weighted by Crippen LogP contribution is -2.57. The van der Waals surface area contributed by atoms with Gasteiger partial charge in [-0.3, -0.25) is 4.79 Å². The maximum atomic E-state index is 12.3. The zero-order valence-electron chi connectivity index (χ0n) is 11.9. The largest absolute Gasteiger partial charge is 0.481 e. The van der Waals surface area contributed by atoms with Gasteiger partial charge in [-0.15, -0.1) is 0 Å². The van der Waals surface area contributed by atoms with Gasteiger partial charge in [0, 0.05) is 6.54 Å². The standard InChI is InChI=1S/C13H22N2O5/c1-3-9-5-20-8(2)4-15(9)13(18)14-11-7-19-6-10(11)12(16)17/h8-11H,3-7H2,1-2H3,(H,14,18)(H,16,17). The van der Waals surface area contributed by atoms with E-state index in [9.17, 15) is 9.59 Å². The minimum Gasteiger partial charge on any atom is -0.481 e. The predicted molar refractivity (Wildman–Crippen MR) is 70.5 cm³/mol. The molecule has 0 aromatic rings. The SMILES string of the molecule is CCC1COC(C)CN1C(=O)NC1COCC1C(=O)O. The molecule has 0 aromatic heterocycles. The second-order valence-electron chi connectivity index (χ2n) is 5.40. The maximum Gasteiger partial charge on any atom is 0.318 e. The normalized spacial score (nSPS) is 34.0. The molecule has 2 aliphatic rings. The zero-order chi connectivity index (χ0) is 14.7. The summed E-state index contributed by atoms with van der Waals surface area (Å²) in [4.78, 5) is 25.2. The number of carboxylic acids is 1. The molecule has 4 atom stereocenters. The van der Waals surface area contributed by atoms with Crippen LogP contribution in [0.3, 0.4) is 0 Å². The van der Waals surface area contributed by atoms with Crippen LogP contribution in [0, 0.1) is 5.92 Å². The van der Waals surface area contributed by atoms with E-state index >= 15 is 0 Å². The first-order chi connectivity index (χ1) is 9.52. The summed E-state index contributed by atoms with van der Waals surface area (Å²) >= 11 is 0. The predicted octanol–water partition coefficient (Wildman–Crippen LogP) is 0.295. The van der Waals surface area contributed by atoms with Crippen molar-refractivity contribution in [2.75, 3.05) is 26.4 Å². The molecule has 2 rings (SSSR count). The van der Waals surface area contributed by atoms with Crippen LogP contribution in [0.15, 0.2) is 0 Å². The van der Waals surface area contributed by atoms with Gasteiger partial charge < -0.3 is 24.8 Å². The first-order valence-corrected chi connectivity index (χ1v) is 7.02. The number of rotatable bonds is 3. The van der Waals surface area contributed by atoms with Crippen LogP contribution in [0.1, 0.15) is 20.3 Å². The first-order valence-electron chi connectivity index (χ1n) is 7.02. The van der Waals surface area contributed by atoms with Crippen LogP contribution in [0.25, 0.3) is 0 Å². The third-order valence-corrected chi connectivity index (χ3v) is 3.91. The number of morpholine rings is 1. The molecule has 0 radical (unpaired) electrons. The summed E-state index contributed by atoms with van der Waals surface area (Å²) in [6.45, 7) is 5.37. The molecule has 2 heterocycles. The number of hydrogen-bond donors (Lipinski definition) is 2. The molecule has 2 aliphatic heterocycles. The van der Waals surface area contributed by atoms with Crippen molar-refractivity contribution in [3.05, 3.63) is 0 Å². The number of urea groups is 1. The van der Waals surface area contributed by atoms with Gasteiger partial charge in [0.25, 0.3) is 0 Å². The molecule has 2 N–H and O–H groups in total. The Morgan fingerprint density at radius 1 is 1.35 bits per heavy atom. The van der Waals surface area contributed by atoms with Crippen molar-refractivity contribution in [3.8, 4) is 0 Å². The molecule has 0 spiro atoms. The molecule has 2 saturated heterocycles. The van der Waals surface area contributed by atoms with Crippen molar-refractivity contribution in [2.24, 2.45) is 5.92 Å². The number of hydrogen-bond acceptors (Lipinski definition) is 4. The fourth-order valence-electron chi connectivity index (χ4n) is 2.61. The third-order valence-electron chi connectivity index (χ3n) is 3.91. The minimum absolute atomic E-state index is 0.00125. The highest BCUT2D eigenvalue weighted by atomic mass is 16.5. The molecule has 7 heteroatoms. The van der Waals surface area contributed by atoms with Crippen LogP contribution < -0.4 is 5.32 Å². The fraction of sp³-hybridized carbons (Fsp3) is 0.846. The van der Waals surface area contributed by atoms with Crippen molar-refractivity contribution < 1.29 is 24.2 Å². The van der Waals surface area contributed by atoms with E-state index in [-0.39, 0.29) is 31.4 Å². The average Bonchev–Trinajstić information content (AvgIpc) is 2.87. The van der Waals surface area contributed by atoms with E-state index in [1.165, 1.54) is 0 Å². The van der Waals surface area contributed by atoms with E-state index in [0.29, 0.717) is 13.2 Å². The van der Waals surface area contributed by atoms with Crippen molar-refractivity contribution in [2.45, 2.75) is 38.5 Å². The van der Waals surface area contributed by atoms with E-state index in [1.54, 1.807) is 4.90 Å². The van der Waals surface area contributed by atoms with E-state index in [0.717, 1.165) is 6.42 Å². The molecule has 20 heavy (non-hydrogen) atoms. The van der Waals surface area contributed by atoms with Crippen molar-refractivity contribution in [1.29, 1.82) is 0 Å². The average molecular weight is 286 g/mol. The smallest absolute Gasteiger partial charge is 0.318 e. The van der Waals surface area contributed by atoms with Crippen molar-refractivity contribution in [3.63, 3.8) is 0 Å². The number of carboxylic acid groups (broad SMARTS) is 1. The van der Waals surface area contributed by atoms with Gasteiger partial charge in [-0.1, -0.05) is 6.92 Å². The molecule has 7 nitrogen and oxygen atoms in total. The van der Waals surface area contributed by atoms with Gasteiger partial charge in [-0.05, 0) is 13.3 Å². The summed E-state index contributed by atoms with van der Waals surface area (Å²) in [5.74, 6) is -1.60. The number of nitrogens with one attached hydrogen (secondary N) is 1. The van der Waals surface area contributed by atoms with Crippen molar-refractivity contribution >= 4 is 12.0 Å². The summed E-state index contributed by atoms with van der Waals surface area (Å²) in [5, 5.41) is 11.9. The van der Waals surface area contributed by atoms with Crippen LogP contribution >= 0.6 is 0 Å². The van der Waals surface area contributed by atoms with E-state index in [1.807, 2.05) is 13.8 Å². The number of nitrogens with zero attached hydrogens (tertiary/aromatic N) is 1. The van der Waals surface area contributed by atoms with Crippen LogP contribution in [0.5, 0.6) is 0 Å². The molecule has 4 unspecified atom stereocenters. The molecular formula is C13H22N2O5. The highest BCUT2D eigenvalue weighted by molar-refractivity contribution is 5.77. The number of amides is 2. The molecule has 0 aromatic carbocycles. The quantitative estimate of drug-likeness (QED) is 0.779. The van der Waals surface area contributed by atoms with Crippen LogP contribution in [0.2, 0.25) is 0 Å². The number of carbonyl (C=O) groups excluding carboxylic acids is 1. The molecule has 114 valence electrons. The Hall–Kier alpha value is -1.34. The lowest BCUT2D eigenvalue weighted by Gasteiger charge is -2.38. The summed E-state index contributed by atoms with van der Waals surface area (Å²) < 4.78 is 10.7. The number of carbonyl (C=O) groups is 2. The highest BCUT2D eigenvalue weighted by Gasteiger charge is 2.37. The minimum atomic E-state index is -0.935. The van der Waals surface area contributed by atoms with E-state index < -0.39 is 17.9 Å². The van der Waals surface area contributed by atoms with Gasteiger partial charge in [0.05, 0.1) is 38.0 Å². The summed E-state index contributed by atoms with van der Waals surface area (Å²) in [6.07, 6.45) is 0.808. The van der Waals surface area contributed by atoms with Gasteiger partial charge in [0.2, 0.25) is 0 Å². The Bertz CT molecular complexity index is 376.